The summed E-state index contributed by atoms with van der Waals surface area (Å²) in [4.78, 5) is 29.1. The first kappa shape index (κ1) is 22.0. The molecule has 3 rings (SSSR count). The number of carbonyl (C=O) groups is 2. The normalized spacial score (nSPS) is 11.3. The van der Waals surface area contributed by atoms with E-state index in [1.807, 2.05) is 24.3 Å². The molecule has 0 saturated heterocycles. The van der Waals surface area contributed by atoms with Gasteiger partial charge in [-0.2, -0.15) is 0 Å². The van der Waals surface area contributed by atoms with Crippen molar-refractivity contribution in [2.24, 2.45) is 0 Å². The number of hydrogen-bond acceptors (Lipinski definition) is 3. The molecular formula is C26H27N3O2. The van der Waals surface area contributed by atoms with E-state index < -0.39 is 0 Å². The molecule has 0 unspecified atom stereocenters. The van der Waals surface area contributed by atoms with Gasteiger partial charge < -0.3 is 10.6 Å². The zero-order chi connectivity index (χ0) is 22.3. The summed E-state index contributed by atoms with van der Waals surface area (Å²) in [7, 11) is 0. The maximum Gasteiger partial charge on any atom is 0.253 e. The number of benzene rings is 2. The van der Waals surface area contributed by atoms with Crippen LogP contribution in [-0.4, -0.2) is 16.8 Å². The Labute approximate surface area is 183 Å². The first-order valence-electron chi connectivity index (χ1n) is 10.2. The van der Waals surface area contributed by atoms with Gasteiger partial charge in [0.05, 0.1) is 11.3 Å². The van der Waals surface area contributed by atoms with Crippen molar-refractivity contribution in [1.29, 1.82) is 0 Å². The van der Waals surface area contributed by atoms with Crippen molar-refractivity contribution >= 4 is 23.6 Å². The molecule has 5 nitrogen and oxygen atoms in total. The van der Waals surface area contributed by atoms with Crippen molar-refractivity contribution < 1.29 is 9.59 Å². The minimum absolute atomic E-state index is 0.0843. The van der Waals surface area contributed by atoms with Gasteiger partial charge in [-0.25, -0.2) is 0 Å². The molecule has 5 heteroatoms. The van der Waals surface area contributed by atoms with Crippen LogP contribution in [-0.2, 0) is 16.8 Å². The Morgan fingerprint density at radius 2 is 1.71 bits per heavy atom. The number of aromatic nitrogens is 1. The van der Waals surface area contributed by atoms with E-state index in [-0.39, 0.29) is 17.2 Å². The number of nitrogens with one attached hydrogen (secondary N) is 2. The second-order valence-corrected chi connectivity index (χ2v) is 8.28. The lowest BCUT2D eigenvalue weighted by Gasteiger charge is -2.18. The van der Waals surface area contributed by atoms with Gasteiger partial charge in [-0.05, 0) is 46.4 Å². The van der Waals surface area contributed by atoms with Crippen molar-refractivity contribution in [2.45, 2.75) is 32.7 Å². The summed E-state index contributed by atoms with van der Waals surface area (Å²) in [5, 5.41) is 5.65. The molecule has 158 valence electrons. The molecule has 0 aliphatic carbocycles. The van der Waals surface area contributed by atoms with Gasteiger partial charge in [0, 0.05) is 25.0 Å². The number of pyridine rings is 1. The maximum atomic E-state index is 12.6. The number of nitrogens with zero attached hydrogens (tertiary/aromatic N) is 1. The van der Waals surface area contributed by atoms with Gasteiger partial charge in [-0.1, -0.05) is 63.2 Å². The van der Waals surface area contributed by atoms with Crippen LogP contribution in [0.3, 0.4) is 0 Å². The fourth-order valence-electron chi connectivity index (χ4n) is 3.01. The van der Waals surface area contributed by atoms with Crippen molar-refractivity contribution in [3.8, 4) is 0 Å². The number of carbonyl (C=O) groups excluding carboxylic acids is 2. The quantitative estimate of drug-likeness (QED) is 0.561. The zero-order valence-electron chi connectivity index (χ0n) is 18.1. The molecule has 3 aromatic rings. The number of rotatable bonds is 6. The molecule has 0 aliphatic rings. The van der Waals surface area contributed by atoms with Crippen LogP contribution in [0, 0.1) is 0 Å². The van der Waals surface area contributed by atoms with Crippen LogP contribution in [0.25, 0.3) is 6.08 Å². The van der Waals surface area contributed by atoms with Gasteiger partial charge in [0.2, 0.25) is 5.91 Å². The molecule has 0 bridgehead atoms. The van der Waals surface area contributed by atoms with Crippen LogP contribution in [0.15, 0.2) is 79.1 Å². The highest BCUT2D eigenvalue weighted by atomic mass is 16.2. The predicted octanol–water partition coefficient (Wildman–Crippen LogP) is 4.96. The van der Waals surface area contributed by atoms with E-state index in [2.05, 4.69) is 48.5 Å². The summed E-state index contributed by atoms with van der Waals surface area (Å²) in [6.45, 7) is 6.85. The third kappa shape index (κ3) is 6.37. The molecule has 0 aliphatic heterocycles. The summed E-state index contributed by atoms with van der Waals surface area (Å²) < 4.78 is 0. The Kier molecular flexibility index (Phi) is 6.98. The fraction of sp³-hybridized carbons (Fsp3) is 0.192. The molecule has 0 saturated carbocycles. The van der Waals surface area contributed by atoms with Crippen molar-refractivity contribution in [3.63, 3.8) is 0 Å². The lowest BCUT2D eigenvalue weighted by Crippen LogP contribution is -2.24. The highest BCUT2D eigenvalue weighted by Gasteiger charge is 2.13. The molecule has 1 aromatic heterocycles. The zero-order valence-corrected chi connectivity index (χ0v) is 18.1. The van der Waals surface area contributed by atoms with Gasteiger partial charge in [0.25, 0.3) is 5.91 Å². The minimum Gasteiger partial charge on any atom is -0.348 e. The van der Waals surface area contributed by atoms with Crippen molar-refractivity contribution in [3.05, 3.63) is 101 Å². The van der Waals surface area contributed by atoms with E-state index in [0.29, 0.717) is 17.8 Å². The van der Waals surface area contributed by atoms with Crippen LogP contribution in [0.5, 0.6) is 0 Å². The first-order valence-corrected chi connectivity index (χ1v) is 10.2. The standard InChI is InChI=1S/C26H27N3O2/c1-26(2,3)21-13-10-19(11-14-21)12-15-24(30)29-23-9-5-4-8-22(23)25(31)28-18-20-7-6-16-27-17-20/h4-17H,18H2,1-3H3,(H,28,31)(H,29,30)/b15-12+. The second-order valence-electron chi connectivity index (χ2n) is 8.28. The molecule has 0 fully saturated rings. The largest absolute Gasteiger partial charge is 0.348 e. The fourth-order valence-corrected chi connectivity index (χ4v) is 3.01. The Morgan fingerprint density at radius 1 is 0.968 bits per heavy atom. The molecule has 0 spiro atoms. The lowest BCUT2D eigenvalue weighted by molar-refractivity contribution is -0.111. The van der Waals surface area contributed by atoms with E-state index >= 15 is 0 Å². The third-order valence-corrected chi connectivity index (χ3v) is 4.81. The molecule has 2 aromatic carbocycles. The molecule has 0 atom stereocenters. The van der Waals surface area contributed by atoms with E-state index in [4.69, 9.17) is 0 Å². The summed E-state index contributed by atoms with van der Waals surface area (Å²) in [6, 6.07) is 18.8. The number of anilines is 1. The Balaban J connectivity index is 1.63. The maximum absolute atomic E-state index is 12.6. The summed E-state index contributed by atoms with van der Waals surface area (Å²) in [5.41, 5.74) is 4.02. The minimum atomic E-state index is -0.299. The molecule has 2 N–H and O–H groups in total. The van der Waals surface area contributed by atoms with E-state index in [0.717, 1.165) is 11.1 Å². The lowest BCUT2D eigenvalue weighted by atomic mass is 9.87. The molecular weight excluding hydrogens is 386 g/mol. The second kappa shape index (κ2) is 9.85. The molecule has 0 radical (unpaired) electrons. The average Bonchev–Trinajstić information content (AvgIpc) is 2.77. The van der Waals surface area contributed by atoms with E-state index in [1.54, 1.807) is 42.7 Å². The van der Waals surface area contributed by atoms with Gasteiger partial charge in [0.15, 0.2) is 0 Å². The Bertz CT molecular complexity index is 1070. The Hall–Kier alpha value is -3.73. The predicted molar refractivity (Wildman–Crippen MR) is 125 cm³/mol. The average molecular weight is 414 g/mol. The van der Waals surface area contributed by atoms with Crippen molar-refractivity contribution in [1.82, 2.24) is 10.3 Å². The highest BCUT2D eigenvalue weighted by Crippen LogP contribution is 2.22. The van der Waals surface area contributed by atoms with Crippen LogP contribution in [0.2, 0.25) is 0 Å². The highest BCUT2D eigenvalue weighted by molar-refractivity contribution is 6.07. The van der Waals surface area contributed by atoms with Gasteiger partial charge in [-0.15, -0.1) is 0 Å². The van der Waals surface area contributed by atoms with Crippen LogP contribution < -0.4 is 10.6 Å². The first-order chi connectivity index (χ1) is 14.8. The van der Waals surface area contributed by atoms with E-state index in [1.165, 1.54) is 11.6 Å². The van der Waals surface area contributed by atoms with Crippen LogP contribution in [0.1, 0.15) is 47.8 Å². The van der Waals surface area contributed by atoms with Gasteiger partial charge >= 0.3 is 0 Å². The molecule has 2 amide bonds. The van der Waals surface area contributed by atoms with Gasteiger partial charge in [0.1, 0.15) is 0 Å². The number of amides is 2. The van der Waals surface area contributed by atoms with Crippen LogP contribution in [0.4, 0.5) is 5.69 Å². The molecule has 1 heterocycles. The smallest absolute Gasteiger partial charge is 0.253 e. The third-order valence-electron chi connectivity index (χ3n) is 4.81. The SMILES string of the molecule is CC(C)(C)c1ccc(/C=C/C(=O)Nc2ccccc2C(=O)NCc2cccnc2)cc1. The number of hydrogen-bond donors (Lipinski definition) is 2. The van der Waals surface area contributed by atoms with Crippen LogP contribution >= 0.6 is 0 Å². The van der Waals surface area contributed by atoms with Crippen molar-refractivity contribution in [2.75, 3.05) is 5.32 Å². The Morgan fingerprint density at radius 3 is 2.39 bits per heavy atom. The van der Waals surface area contributed by atoms with E-state index in [9.17, 15) is 9.59 Å². The summed E-state index contributed by atoms with van der Waals surface area (Å²) in [6.07, 6.45) is 6.61. The monoisotopic (exact) mass is 413 g/mol. The number of para-hydroxylation sites is 1. The summed E-state index contributed by atoms with van der Waals surface area (Å²) >= 11 is 0. The van der Waals surface area contributed by atoms with Gasteiger partial charge in [-0.3, -0.25) is 14.6 Å². The topological polar surface area (TPSA) is 71.1 Å². The molecule has 31 heavy (non-hydrogen) atoms. The summed E-state index contributed by atoms with van der Waals surface area (Å²) in [5.74, 6) is -0.561.